The highest BCUT2D eigenvalue weighted by molar-refractivity contribution is 8.00. The van der Waals surface area contributed by atoms with Crippen LogP contribution >= 0.6 is 35.0 Å². The molecule has 0 spiro atoms. The fraction of sp³-hybridized carbons (Fsp3) is 0.158. The summed E-state index contributed by atoms with van der Waals surface area (Å²) in [5.74, 6) is -0.594. The summed E-state index contributed by atoms with van der Waals surface area (Å²) in [5.41, 5.74) is 7.37. The summed E-state index contributed by atoms with van der Waals surface area (Å²) < 4.78 is 5.47. The lowest BCUT2D eigenvalue weighted by Gasteiger charge is -2.08. The Morgan fingerprint density at radius 2 is 1.85 bits per heavy atom. The van der Waals surface area contributed by atoms with Crippen LogP contribution < -0.4 is 10.9 Å². The molecule has 5 nitrogen and oxygen atoms in total. The predicted molar refractivity (Wildman–Crippen MR) is 108 cm³/mol. The first-order chi connectivity index (χ1) is 12.9. The largest absolute Gasteiger partial charge is 0.464 e. The molecule has 2 amide bonds. The quantitative estimate of drug-likeness (QED) is 0.467. The molecular weight excluding hydrogens is 407 g/mol. The monoisotopic (exact) mass is 422 g/mol. The van der Waals surface area contributed by atoms with Gasteiger partial charge in [0.2, 0.25) is 11.8 Å². The van der Waals surface area contributed by atoms with Gasteiger partial charge >= 0.3 is 0 Å². The van der Waals surface area contributed by atoms with Gasteiger partial charge in [0.15, 0.2) is 0 Å². The molecule has 3 aromatic rings. The Balaban J connectivity index is 1.49. The zero-order valence-corrected chi connectivity index (χ0v) is 16.7. The van der Waals surface area contributed by atoms with Crippen molar-refractivity contribution in [3.63, 3.8) is 0 Å². The molecular formula is C19H16Cl2N2O3S. The smallest absolute Gasteiger partial charge is 0.248 e. The van der Waals surface area contributed by atoms with E-state index in [9.17, 15) is 9.59 Å². The van der Waals surface area contributed by atoms with E-state index < -0.39 is 0 Å². The molecule has 3 rings (SSSR count). The van der Waals surface area contributed by atoms with Gasteiger partial charge in [0.1, 0.15) is 5.58 Å². The lowest BCUT2D eigenvalue weighted by Crippen LogP contribution is -2.43. The Kier molecular flexibility index (Phi) is 6.31. The number of amides is 2. The number of benzene rings is 2. The second-order valence-electron chi connectivity index (χ2n) is 5.90. The van der Waals surface area contributed by atoms with E-state index in [1.54, 1.807) is 24.5 Å². The van der Waals surface area contributed by atoms with Gasteiger partial charge < -0.3 is 4.42 Å². The molecule has 140 valence electrons. The van der Waals surface area contributed by atoms with E-state index >= 15 is 0 Å². The number of hydrazine groups is 1. The van der Waals surface area contributed by atoms with Crippen LogP contribution in [0.15, 0.2) is 52.0 Å². The molecule has 2 aromatic carbocycles. The summed E-state index contributed by atoms with van der Waals surface area (Å²) in [7, 11) is 0. The maximum Gasteiger partial charge on any atom is 0.248 e. The van der Waals surface area contributed by atoms with Crippen molar-refractivity contribution in [1.29, 1.82) is 0 Å². The van der Waals surface area contributed by atoms with E-state index in [2.05, 4.69) is 10.9 Å². The Morgan fingerprint density at radius 1 is 1.07 bits per heavy atom. The van der Waals surface area contributed by atoms with E-state index in [1.165, 1.54) is 11.8 Å². The fourth-order valence-corrected chi connectivity index (χ4v) is 3.74. The summed E-state index contributed by atoms with van der Waals surface area (Å²) in [5, 5.41) is 1.94. The van der Waals surface area contributed by atoms with Gasteiger partial charge in [0, 0.05) is 20.9 Å². The standard InChI is InChI=1S/C19H16Cl2N2O3S/c1-11-2-4-14-12(9-26-16(14)6-11)7-18(24)22-23-19(25)10-27-17-8-13(20)3-5-15(17)21/h2-6,8-9H,7,10H2,1H3,(H,22,24)(H,23,25). The van der Waals surface area contributed by atoms with Crippen molar-refractivity contribution in [3.05, 3.63) is 63.8 Å². The van der Waals surface area contributed by atoms with Crippen molar-refractivity contribution in [1.82, 2.24) is 10.9 Å². The molecule has 1 heterocycles. The number of carbonyl (C=O) groups excluding carboxylic acids is 2. The van der Waals surface area contributed by atoms with Crippen LogP contribution in [0.5, 0.6) is 0 Å². The number of fused-ring (bicyclic) bond motifs is 1. The van der Waals surface area contributed by atoms with E-state index in [1.807, 2.05) is 25.1 Å². The van der Waals surface area contributed by atoms with Crippen LogP contribution in [0.1, 0.15) is 11.1 Å². The predicted octanol–water partition coefficient (Wildman–Crippen LogP) is 4.53. The molecule has 2 N–H and O–H groups in total. The zero-order valence-electron chi connectivity index (χ0n) is 14.3. The molecule has 0 atom stereocenters. The average molecular weight is 423 g/mol. The molecule has 0 aliphatic heterocycles. The number of carbonyl (C=O) groups is 2. The summed E-state index contributed by atoms with van der Waals surface area (Å²) in [4.78, 5) is 24.7. The number of furan rings is 1. The Bertz CT molecular complexity index is 1000. The van der Waals surface area contributed by atoms with E-state index in [-0.39, 0.29) is 24.0 Å². The van der Waals surface area contributed by atoms with Crippen molar-refractivity contribution in [2.45, 2.75) is 18.2 Å². The third-order valence-corrected chi connectivity index (χ3v) is 5.49. The van der Waals surface area contributed by atoms with Crippen molar-refractivity contribution in [2.24, 2.45) is 0 Å². The number of hydrogen-bond donors (Lipinski definition) is 2. The number of rotatable bonds is 5. The number of aryl methyl sites for hydroxylation is 1. The lowest BCUT2D eigenvalue weighted by atomic mass is 10.1. The third-order valence-electron chi connectivity index (χ3n) is 3.76. The maximum atomic E-state index is 12.1. The maximum absolute atomic E-state index is 12.1. The average Bonchev–Trinajstić information content (AvgIpc) is 3.02. The summed E-state index contributed by atoms with van der Waals surface area (Å²) in [6.07, 6.45) is 1.66. The number of thioether (sulfide) groups is 1. The Morgan fingerprint density at radius 3 is 2.67 bits per heavy atom. The zero-order chi connectivity index (χ0) is 19.4. The molecule has 0 unspecified atom stereocenters. The van der Waals surface area contributed by atoms with Gasteiger partial charge in [0.05, 0.1) is 23.5 Å². The number of halogens is 2. The minimum Gasteiger partial charge on any atom is -0.464 e. The molecule has 0 aliphatic carbocycles. The summed E-state index contributed by atoms with van der Waals surface area (Å²) >= 11 is 13.2. The topological polar surface area (TPSA) is 71.3 Å². The first kappa shape index (κ1) is 19.6. The molecule has 27 heavy (non-hydrogen) atoms. The normalized spacial score (nSPS) is 10.8. The second-order valence-corrected chi connectivity index (χ2v) is 7.76. The Hall–Kier alpha value is -2.15. The van der Waals surface area contributed by atoms with Crippen LogP contribution in [0, 0.1) is 6.92 Å². The molecule has 0 saturated carbocycles. The summed E-state index contributed by atoms with van der Waals surface area (Å²) in [6, 6.07) is 10.8. The highest BCUT2D eigenvalue weighted by Crippen LogP contribution is 2.29. The highest BCUT2D eigenvalue weighted by Gasteiger charge is 2.12. The molecule has 0 saturated heterocycles. The second kappa shape index (κ2) is 8.69. The van der Waals surface area contributed by atoms with Gasteiger partial charge in [-0.1, -0.05) is 35.3 Å². The summed E-state index contributed by atoms with van der Waals surface area (Å²) in [6.45, 7) is 1.97. The van der Waals surface area contributed by atoms with Crippen molar-refractivity contribution in [2.75, 3.05) is 5.75 Å². The number of hydrogen-bond acceptors (Lipinski definition) is 4. The lowest BCUT2D eigenvalue weighted by molar-refractivity contribution is -0.127. The van der Waals surface area contributed by atoms with Gasteiger partial charge in [-0.3, -0.25) is 20.4 Å². The van der Waals surface area contributed by atoms with Crippen LogP contribution in [0.4, 0.5) is 0 Å². The minimum atomic E-state index is -0.350. The van der Waals surface area contributed by atoms with E-state index in [4.69, 9.17) is 27.6 Å². The molecule has 0 aliphatic rings. The van der Waals surface area contributed by atoms with Crippen molar-refractivity contribution in [3.8, 4) is 0 Å². The van der Waals surface area contributed by atoms with Crippen LogP contribution in [-0.2, 0) is 16.0 Å². The SMILES string of the molecule is Cc1ccc2c(CC(=O)NNC(=O)CSc3cc(Cl)ccc3Cl)coc2c1. The number of nitrogens with one attached hydrogen (secondary N) is 2. The van der Waals surface area contributed by atoms with Gasteiger partial charge in [-0.15, -0.1) is 11.8 Å². The van der Waals surface area contributed by atoms with E-state index in [0.717, 1.165) is 22.1 Å². The van der Waals surface area contributed by atoms with Crippen molar-refractivity contribution >= 4 is 57.7 Å². The van der Waals surface area contributed by atoms with Crippen LogP contribution in [-0.4, -0.2) is 17.6 Å². The molecule has 1 aromatic heterocycles. The molecule has 8 heteroatoms. The van der Waals surface area contributed by atoms with Gasteiger partial charge in [0.25, 0.3) is 0 Å². The first-order valence-electron chi connectivity index (χ1n) is 8.04. The Labute approximate surface area is 170 Å². The fourth-order valence-electron chi connectivity index (χ4n) is 2.45. The van der Waals surface area contributed by atoms with Crippen LogP contribution in [0.25, 0.3) is 11.0 Å². The van der Waals surface area contributed by atoms with Crippen LogP contribution in [0.2, 0.25) is 10.0 Å². The van der Waals surface area contributed by atoms with Crippen LogP contribution in [0.3, 0.4) is 0 Å². The third kappa shape index (κ3) is 5.19. The minimum absolute atomic E-state index is 0.0915. The molecule has 0 fully saturated rings. The highest BCUT2D eigenvalue weighted by atomic mass is 35.5. The van der Waals surface area contributed by atoms with Gasteiger partial charge in [-0.2, -0.15) is 0 Å². The van der Waals surface area contributed by atoms with E-state index in [0.29, 0.717) is 14.9 Å². The molecule has 0 radical (unpaired) electrons. The van der Waals surface area contributed by atoms with Gasteiger partial charge in [-0.05, 0) is 36.8 Å². The first-order valence-corrected chi connectivity index (χ1v) is 9.79. The molecule has 0 bridgehead atoms. The van der Waals surface area contributed by atoms with Gasteiger partial charge in [-0.25, -0.2) is 0 Å². The van der Waals surface area contributed by atoms with Crippen molar-refractivity contribution < 1.29 is 14.0 Å².